The first kappa shape index (κ1) is 54.6. The van der Waals surface area contributed by atoms with Gasteiger partial charge in [-0.05, 0) is 101 Å². The van der Waals surface area contributed by atoms with Crippen molar-refractivity contribution in [2.24, 2.45) is 5.92 Å². The van der Waals surface area contributed by atoms with Gasteiger partial charge < -0.3 is 54.3 Å². The van der Waals surface area contributed by atoms with Crippen molar-refractivity contribution in [2.45, 2.75) is 130 Å². The maximum absolute atomic E-state index is 14.1. The molecule has 396 valence electrons. The summed E-state index contributed by atoms with van der Waals surface area (Å²) in [6.07, 6.45) is 2.74. The lowest BCUT2D eigenvalue weighted by Gasteiger charge is -2.31. The Labute approximate surface area is 431 Å². The fourth-order valence-corrected chi connectivity index (χ4v) is 9.55. The Morgan fingerprint density at radius 3 is 1.81 bits per heavy atom. The van der Waals surface area contributed by atoms with Crippen molar-refractivity contribution in [3.63, 3.8) is 0 Å². The lowest BCUT2D eigenvalue weighted by Crippen LogP contribution is -2.50. The number of rotatable bonds is 20. The SMILES string of the molecule is C=CCOC(=O)N1c2cc(OCCCCCOc3cc4c(cc3OC)C(=O)N3C=C(C)C[C@@H]3[C@@H](O)N4C(=O)OCc3ccc(CN[C@@H](C)C(=O)N[C@H](C(C)=O)C(C)C)cc3)c(C)cc2C(=O)N2C=C(C)C[C@H]2[C@@H]1O. The number of aliphatic hydroxyl groups excluding tert-OH is 2. The first-order valence-corrected chi connectivity index (χ1v) is 25.0. The highest BCUT2D eigenvalue weighted by Gasteiger charge is 2.46. The van der Waals surface area contributed by atoms with Gasteiger partial charge in [0.05, 0.1) is 67.0 Å². The standard InChI is InChI=1S/C55H68N6O13/c1-10-18-73-54(68)60-41-25-45(34(6)23-39(41)50(64)58-28-32(4)21-43(58)52(60)66)71-19-12-11-13-20-72-47-26-42-40(24-46(47)70-9)51(65)59-29-33(5)22-44(59)53(67)61(42)55(69)74-30-38-16-14-37(15-17-38)27-56-35(7)49(63)57-48(31(2)3)36(8)62/h10,14-17,23-26,28-29,31,35,43-44,48,52-53,56,66-67H,1,11-13,18-22,27,30H2,2-9H3,(H,57,63)/t35-,43-,44+,48-,52-,53+/m0/s1. The molecule has 4 heterocycles. The largest absolute Gasteiger partial charge is 0.493 e. The zero-order chi connectivity index (χ0) is 53.5. The third-order valence-electron chi connectivity index (χ3n) is 13.6. The first-order chi connectivity index (χ1) is 35.3. The number of aliphatic hydroxyl groups is 2. The molecule has 0 unspecified atom stereocenters. The molecule has 4 aliphatic heterocycles. The summed E-state index contributed by atoms with van der Waals surface area (Å²) >= 11 is 0. The highest BCUT2D eigenvalue weighted by atomic mass is 16.6. The number of unbranched alkanes of at least 4 members (excludes halogenated alkanes) is 2. The Hall–Kier alpha value is -7.22. The number of amides is 5. The van der Waals surface area contributed by atoms with E-state index in [4.69, 9.17) is 23.7 Å². The van der Waals surface area contributed by atoms with Gasteiger partial charge in [0.1, 0.15) is 19.0 Å². The third-order valence-corrected chi connectivity index (χ3v) is 13.6. The van der Waals surface area contributed by atoms with Crippen LogP contribution in [0.4, 0.5) is 21.0 Å². The molecule has 19 nitrogen and oxygen atoms in total. The van der Waals surface area contributed by atoms with Gasteiger partial charge in [-0.3, -0.25) is 19.2 Å². The maximum Gasteiger partial charge on any atom is 0.416 e. The predicted octanol–water partition coefficient (Wildman–Crippen LogP) is 7.01. The number of ether oxygens (including phenoxy) is 5. The van der Waals surface area contributed by atoms with Crippen LogP contribution >= 0.6 is 0 Å². The monoisotopic (exact) mass is 1020 g/mol. The number of carbonyl (C=O) groups is 6. The fraction of sp³-hybridized carbons (Fsp3) is 0.455. The van der Waals surface area contributed by atoms with Gasteiger partial charge in [-0.1, -0.05) is 61.9 Å². The van der Waals surface area contributed by atoms with Crippen LogP contribution in [0, 0.1) is 12.8 Å². The van der Waals surface area contributed by atoms with Gasteiger partial charge in [0.15, 0.2) is 29.7 Å². The molecule has 0 radical (unpaired) electrons. The molecule has 6 atom stereocenters. The van der Waals surface area contributed by atoms with Gasteiger partial charge in [0.25, 0.3) is 11.8 Å². The topological polar surface area (TPSA) is 226 Å². The number of carbonyl (C=O) groups excluding carboxylic acids is 6. The van der Waals surface area contributed by atoms with Gasteiger partial charge in [0.2, 0.25) is 5.91 Å². The fourth-order valence-electron chi connectivity index (χ4n) is 9.55. The molecule has 74 heavy (non-hydrogen) atoms. The van der Waals surface area contributed by atoms with Crippen LogP contribution in [-0.2, 0) is 32.2 Å². The number of nitrogens with zero attached hydrogens (tertiary/aromatic N) is 4. The summed E-state index contributed by atoms with van der Waals surface area (Å²) in [6, 6.07) is 10.9. The second-order valence-electron chi connectivity index (χ2n) is 19.6. The van der Waals surface area contributed by atoms with E-state index in [1.165, 1.54) is 42.0 Å². The molecular weight excluding hydrogens is 953 g/mol. The van der Waals surface area contributed by atoms with Crippen molar-refractivity contribution in [3.05, 3.63) is 113 Å². The van der Waals surface area contributed by atoms with Crippen LogP contribution in [0.3, 0.4) is 0 Å². The minimum absolute atomic E-state index is 0.0421. The Morgan fingerprint density at radius 1 is 0.743 bits per heavy atom. The van der Waals surface area contributed by atoms with Gasteiger partial charge in [-0.2, -0.15) is 0 Å². The number of Topliss-reactive ketones (excluding diaryl/α,β-unsaturated/α-hetero) is 1. The number of benzene rings is 3. The molecule has 0 spiro atoms. The van der Waals surface area contributed by atoms with Crippen LogP contribution in [0.15, 0.2) is 84.7 Å². The summed E-state index contributed by atoms with van der Waals surface area (Å²) in [5.74, 6) is -0.297. The van der Waals surface area contributed by atoms with Crippen molar-refractivity contribution in [1.82, 2.24) is 20.4 Å². The third kappa shape index (κ3) is 11.9. The minimum Gasteiger partial charge on any atom is -0.493 e. The highest BCUT2D eigenvalue weighted by molar-refractivity contribution is 6.07. The lowest BCUT2D eigenvalue weighted by atomic mass is 10.0. The quantitative estimate of drug-likeness (QED) is 0.0660. The van der Waals surface area contributed by atoms with Crippen LogP contribution in [0.5, 0.6) is 17.2 Å². The van der Waals surface area contributed by atoms with Gasteiger partial charge in [0, 0.05) is 31.1 Å². The van der Waals surface area contributed by atoms with E-state index >= 15 is 0 Å². The van der Waals surface area contributed by atoms with Crippen LogP contribution in [-0.4, -0.2) is 119 Å². The van der Waals surface area contributed by atoms with E-state index < -0.39 is 54.7 Å². The number of anilines is 2. The van der Waals surface area contributed by atoms with Gasteiger partial charge in [-0.15, -0.1) is 0 Å². The molecule has 0 saturated heterocycles. The number of nitrogens with one attached hydrogen (secondary N) is 2. The summed E-state index contributed by atoms with van der Waals surface area (Å²) < 4.78 is 29.3. The van der Waals surface area contributed by atoms with Gasteiger partial charge >= 0.3 is 12.2 Å². The number of hydrogen-bond donors (Lipinski definition) is 4. The average Bonchev–Trinajstić information content (AvgIpc) is 3.94. The number of fused-ring (bicyclic) bond motifs is 4. The molecule has 5 amide bonds. The van der Waals surface area contributed by atoms with E-state index in [9.17, 15) is 39.0 Å². The second kappa shape index (κ2) is 23.8. The van der Waals surface area contributed by atoms with Crippen molar-refractivity contribution in [3.8, 4) is 17.2 Å². The Balaban J connectivity index is 0.982. The van der Waals surface area contributed by atoms with E-state index in [0.29, 0.717) is 55.5 Å². The number of methoxy groups -OCH3 is 1. The normalized spacial score (nSPS) is 19.7. The van der Waals surface area contributed by atoms with E-state index in [1.54, 1.807) is 50.5 Å². The van der Waals surface area contributed by atoms with Crippen LogP contribution in [0.1, 0.15) is 111 Å². The summed E-state index contributed by atoms with van der Waals surface area (Å²) in [5, 5.41) is 29.4. The molecular formula is C55H68N6O13. The van der Waals surface area contributed by atoms with E-state index in [-0.39, 0.29) is 83.9 Å². The smallest absolute Gasteiger partial charge is 0.416 e. The Kier molecular flexibility index (Phi) is 17.5. The number of ketones is 1. The second-order valence-corrected chi connectivity index (χ2v) is 19.6. The van der Waals surface area contributed by atoms with Crippen LogP contribution in [0.2, 0.25) is 0 Å². The molecule has 19 heteroatoms. The molecule has 0 aliphatic carbocycles. The Bertz CT molecular complexity index is 2700. The van der Waals surface area contributed by atoms with Crippen LogP contribution in [0.25, 0.3) is 0 Å². The summed E-state index contributed by atoms with van der Waals surface area (Å²) in [4.78, 5) is 85.2. The zero-order valence-corrected chi connectivity index (χ0v) is 43.3. The molecule has 0 fully saturated rings. The molecule has 0 saturated carbocycles. The molecule has 4 aliphatic rings. The van der Waals surface area contributed by atoms with Crippen molar-refractivity contribution in [2.75, 3.05) is 36.7 Å². The van der Waals surface area contributed by atoms with Gasteiger partial charge in [-0.25, -0.2) is 19.4 Å². The zero-order valence-electron chi connectivity index (χ0n) is 43.3. The van der Waals surface area contributed by atoms with E-state index in [0.717, 1.165) is 26.5 Å². The average molecular weight is 1020 g/mol. The summed E-state index contributed by atoms with van der Waals surface area (Å²) in [7, 11) is 1.44. The minimum atomic E-state index is -1.48. The molecule has 0 bridgehead atoms. The lowest BCUT2D eigenvalue weighted by molar-refractivity contribution is -0.128. The summed E-state index contributed by atoms with van der Waals surface area (Å²) in [5.41, 5.74) is 4.52. The van der Waals surface area contributed by atoms with Crippen molar-refractivity contribution in [1.29, 1.82) is 0 Å². The van der Waals surface area contributed by atoms with Crippen molar-refractivity contribution < 1.29 is 62.7 Å². The molecule has 0 aromatic heterocycles. The predicted molar refractivity (Wildman–Crippen MR) is 275 cm³/mol. The molecule has 4 N–H and O–H groups in total. The summed E-state index contributed by atoms with van der Waals surface area (Å²) in [6.45, 7) is 16.7. The van der Waals surface area contributed by atoms with Crippen molar-refractivity contribution >= 4 is 47.1 Å². The highest BCUT2D eigenvalue weighted by Crippen LogP contribution is 2.43. The number of aryl methyl sites for hydroxylation is 1. The molecule has 3 aromatic rings. The Morgan fingerprint density at radius 2 is 1.27 bits per heavy atom. The van der Waals surface area contributed by atoms with E-state index in [2.05, 4.69) is 17.2 Å². The molecule has 3 aromatic carbocycles. The number of hydrogen-bond acceptors (Lipinski definition) is 14. The maximum atomic E-state index is 14.1. The first-order valence-electron chi connectivity index (χ1n) is 25.0. The molecule has 7 rings (SSSR count). The van der Waals surface area contributed by atoms with E-state index in [1.807, 2.05) is 39.8 Å². The van der Waals surface area contributed by atoms with Crippen LogP contribution < -0.4 is 34.6 Å².